The average Bonchev–Trinajstić information content (AvgIpc) is 3.12. The second kappa shape index (κ2) is 17.8. The summed E-state index contributed by atoms with van der Waals surface area (Å²) >= 11 is 0. The lowest BCUT2D eigenvalue weighted by molar-refractivity contribution is -0.537. The molecule has 0 aromatic heterocycles. The molecular formula is C42H52F4N2O4-4. The van der Waals surface area contributed by atoms with Crippen LogP contribution in [0.25, 0.3) is 0 Å². The maximum atomic E-state index is 15.4. The van der Waals surface area contributed by atoms with Crippen molar-refractivity contribution in [1.29, 1.82) is 0 Å². The molecule has 4 unspecified atom stereocenters. The molecule has 2 fully saturated rings. The van der Waals surface area contributed by atoms with Crippen LogP contribution in [0.15, 0.2) is 48.5 Å². The third-order valence-corrected chi connectivity index (χ3v) is 11.2. The van der Waals surface area contributed by atoms with Crippen LogP contribution in [0, 0.1) is 23.3 Å². The Morgan fingerprint density at radius 2 is 0.692 bits per heavy atom. The summed E-state index contributed by atoms with van der Waals surface area (Å²) < 4.78 is 61.7. The van der Waals surface area contributed by atoms with Gasteiger partial charge < -0.3 is 30.2 Å². The van der Waals surface area contributed by atoms with E-state index in [1.54, 1.807) is 0 Å². The van der Waals surface area contributed by atoms with Gasteiger partial charge in [-0.2, -0.15) is 0 Å². The van der Waals surface area contributed by atoms with Gasteiger partial charge in [0.05, 0.1) is 0 Å². The topological polar surface area (TPSA) is 98.7 Å². The van der Waals surface area contributed by atoms with Crippen LogP contribution in [0.3, 0.4) is 0 Å². The zero-order chi connectivity index (χ0) is 37.7. The maximum Gasteiger partial charge on any atom is 0.131 e. The molecule has 0 radical (unpaired) electrons. The normalized spacial score (nSPS) is 25.5. The van der Waals surface area contributed by atoms with E-state index in [1.165, 1.54) is 48.5 Å². The van der Waals surface area contributed by atoms with Crippen molar-refractivity contribution in [3.8, 4) is 0 Å². The molecular weight excluding hydrogens is 672 g/mol. The van der Waals surface area contributed by atoms with Crippen LogP contribution in [-0.2, 0) is 0 Å². The molecule has 0 N–H and O–H groups in total. The third-order valence-electron chi connectivity index (χ3n) is 11.2. The van der Waals surface area contributed by atoms with Crippen LogP contribution in [0.4, 0.5) is 28.9 Å². The first-order valence-corrected chi connectivity index (χ1v) is 19.2. The quantitative estimate of drug-likeness (QED) is 0.156. The SMILES string of the molecule is CCCCN(CCCC)c1cc(F)c(C2C([O-])C(c3ccc(C4C([O-])C(c5c(F)cc(N(CCCC)CCCC)cc5F)C4[O-])cc3)C2[O-])c(F)c1. The van der Waals surface area contributed by atoms with Crippen LogP contribution in [0.1, 0.15) is 125 Å². The van der Waals surface area contributed by atoms with E-state index < -0.39 is 82.5 Å². The van der Waals surface area contributed by atoms with Crippen molar-refractivity contribution in [2.24, 2.45) is 0 Å². The Bertz CT molecular complexity index is 1420. The number of halogens is 4. The first kappa shape index (κ1) is 40.0. The minimum Gasteiger partial charge on any atom is -0.851 e. The van der Waals surface area contributed by atoms with E-state index >= 15 is 17.6 Å². The number of hydrogen-bond acceptors (Lipinski definition) is 6. The Morgan fingerprint density at radius 1 is 0.442 bits per heavy atom. The lowest BCUT2D eigenvalue weighted by atomic mass is 9.61. The molecule has 3 aromatic carbocycles. The first-order chi connectivity index (χ1) is 25.0. The molecule has 0 spiro atoms. The summed E-state index contributed by atoms with van der Waals surface area (Å²) in [6, 6.07) is 10.8. The highest BCUT2D eigenvalue weighted by Gasteiger charge is 2.43. The summed E-state index contributed by atoms with van der Waals surface area (Å²) in [5.41, 5.74) is 0.533. The Kier molecular flexibility index (Phi) is 13.7. The summed E-state index contributed by atoms with van der Waals surface area (Å²) in [5.74, 6) is -8.53. The lowest BCUT2D eigenvalue weighted by Gasteiger charge is -2.62. The van der Waals surface area contributed by atoms with Gasteiger partial charge in [-0.3, -0.25) is 0 Å². The van der Waals surface area contributed by atoms with E-state index in [0.29, 0.717) is 48.7 Å². The zero-order valence-corrected chi connectivity index (χ0v) is 30.8. The standard InChI is InChI=1S/C42H52F4N2O4/c1-5-9-17-47(18-10-6-2)27-21-29(43)35(30(44)22-27)37-39(49)33(40(37)50)25-13-15-26(16-14-25)34-41(51)38(42(34)52)36-31(45)23-28(24-32(36)46)48(19-11-7-3)20-12-8-4/h13-16,21-24,33-34,37-42H,5-12,17-20H2,1-4H3/q-4. The van der Waals surface area contributed by atoms with Gasteiger partial charge in [-0.25, -0.2) is 17.6 Å². The Morgan fingerprint density at radius 3 is 0.923 bits per heavy atom. The fraction of sp³-hybridized carbons (Fsp3) is 0.571. The van der Waals surface area contributed by atoms with Gasteiger partial charge in [-0.15, -0.1) is 24.4 Å². The molecule has 52 heavy (non-hydrogen) atoms. The van der Waals surface area contributed by atoms with Crippen molar-refractivity contribution in [2.45, 2.75) is 127 Å². The molecule has 0 amide bonds. The van der Waals surface area contributed by atoms with E-state index in [4.69, 9.17) is 0 Å². The number of benzene rings is 3. The highest BCUT2D eigenvalue weighted by atomic mass is 19.1. The molecule has 6 nitrogen and oxygen atoms in total. The molecule has 2 aliphatic rings. The summed E-state index contributed by atoms with van der Waals surface area (Å²) in [6.45, 7) is 10.7. The predicted octanol–water partition coefficient (Wildman–Crippen LogP) is 5.73. The number of rotatable bonds is 18. The van der Waals surface area contributed by atoms with Crippen molar-refractivity contribution in [3.05, 3.63) is 94.1 Å². The summed E-state index contributed by atoms with van der Waals surface area (Å²) in [4.78, 5) is 3.86. The zero-order valence-electron chi connectivity index (χ0n) is 30.8. The average molecular weight is 725 g/mol. The number of anilines is 2. The highest BCUT2D eigenvalue weighted by molar-refractivity contribution is 5.52. The monoisotopic (exact) mass is 724 g/mol. The van der Waals surface area contributed by atoms with Gasteiger partial charge in [0.2, 0.25) is 0 Å². The van der Waals surface area contributed by atoms with Crippen molar-refractivity contribution in [1.82, 2.24) is 0 Å². The van der Waals surface area contributed by atoms with Gasteiger partial charge in [0, 0.05) is 48.7 Å². The van der Waals surface area contributed by atoms with Crippen molar-refractivity contribution >= 4 is 11.4 Å². The molecule has 2 aliphatic carbocycles. The molecule has 0 bridgehead atoms. The molecule has 0 saturated heterocycles. The molecule has 5 rings (SSSR count). The second-order valence-corrected chi connectivity index (χ2v) is 14.7. The van der Waals surface area contributed by atoms with Crippen molar-refractivity contribution in [2.75, 3.05) is 36.0 Å². The molecule has 4 atom stereocenters. The van der Waals surface area contributed by atoms with E-state index in [0.717, 1.165) is 51.4 Å². The van der Waals surface area contributed by atoms with Gasteiger partial charge in [-0.05, 0) is 84.7 Å². The van der Waals surface area contributed by atoms with Gasteiger partial charge in [0.25, 0.3) is 0 Å². The molecule has 10 heteroatoms. The minimum atomic E-state index is -1.60. The van der Waals surface area contributed by atoms with Gasteiger partial charge in [0.1, 0.15) is 23.3 Å². The predicted molar refractivity (Wildman–Crippen MR) is 189 cm³/mol. The van der Waals surface area contributed by atoms with E-state index in [-0.39, 0.29) is 0 Å². The Hall–Kier alpha value is -3.18. The largest absolute Gasteiger partial charge is 0.851 e. The maximum absolute atomic E-state index is 15.4. The molecule has 2 saturated carbocycles. The smallest absolute Gasteiger partial charge is 0.131 e. The number of hydrogen-bond donors (Lipinski definition) is 0. The van der Waals surface area contributed by atoms with Crippen molar-refractivity contribution < 1.29 is 38.0 Å². The first-order valence-electron chi connectivity index (χ1n) is 19.2. The fourth-order valence-electron chi connectivity index (χ4n) is 7.99. The summed E-state index contributed by atoms with van der Waals surface area (Å²) in [6.07, 6.45) is 0.748. The van der Waals surface area contributed by atoms with Crippen LogP contribution in [0.2, 0.25) is 0 Å². The molecule has 286 valence electrons. The number of unbranched alkanes of at least 4 members (excludes halogenated alkanes) is 4. The minimum absolute atomic E-state index is 0.354. The van der Waals surface area contributed by atoms with Crippen LogP contribution < -0.4 is 30.2 Å². The highest BCUT2D eigenvalue weighted by Crippen LogP contribution is 2.50. The molecule has 0 heterocycles. The van der Waals surface area contributed by atoms with Crippen LogP contribution in [-0.4, -0.2) is 50.6 Å². The van der Waals surface area contributed by atoms with Crippen LogP contribution in [0.5, 0.6) is 0 Å². The Labute approximate surface area is 306 Å². The van der Waals surface area contributed by atoms with E-state index in [2.05, 4.69) is 0 Å². The second-order valence-electron chi connectivity index (χ2n) is 14.7. The van der Waals surface area contributed by atoms with Gasteiger partial charge in [0.15, 0.2) is 0 Å². The lowest BCUT2D eigenvalue weighted by Crippen LogP contribution is -2.64. The van der Waals surface area contributed by atoms with Gasteiger partial charge >= 0.3 is 0 Å². The molecule has 0 aliphatic heterocycles. The van der Waals surface area contributed by atoms with E-state index in [1.807, 2.05) is 37.5 Å². The van der Waals surface area contributed by atoms with Crippen LogP contribution >= 0.6 is 0 Å². The van der Waals surface area contributed by atoms with E-state index in [9.17, 15) is 20.4 Å². The summed E-state index contributed by atoms with van der Waals surface area (Å²) in [7, 11) is 0. The van der Waals surface area contributed by atoms with Crippen molar-refractivity contribution in [3.63, 3.8) is 0 Å². The molecule has 3 aromatic rings. The third kappa shape index (κ3) is 8.00. The fourth-order valence-corrected chi connectivity index (χ4v) is 7.99. The summed E-state index contributed by atoms with van der Waals surface area (Å²) in [5, 5.41) is 53.5. The Balaban J connectivity index is 1.27. The number of nitrogens with zero attached hydrogens (tertiary/aromatic N) is 2. The van der Waals surface area contributed by atoms with Gasteiger partial charge in [-0.1, -0.05) is 77.6 Å².